The van der Waals surface area contributed by atoms with Crippen molar-refractivity contribution in [2.75, 3.05) is 7.11 Å². The van der Waals surface area contributed by atoms with Gasteiger partial charge in [-0.3, -0.25) is 0 Å². The Bertz CT molecular complexity index is 285. The van der Waals surface area contributed by atoms with Crippen LogP contribution in [0.25, 0.3) is 0 Å². The third kappa shape index (κ3) is 7.68. The first-order valence-electron chi connectivity index (χ1n) is 8.13. The number of esters is 1. The maximum Gasteiger partial charge on any atom is 0.330 e. The molecule has 0 spiro atoms. The number of rotatable bonds is 3. The number of methoxy groups -OCH3 is 1. The van der Waals surface area contributed by atoms with Gasteiger partial charge in [0, 0.05) is 6.08 Å². The first-order valence-corrected chi connectivity index (χ1v) is 8.13. The summed E-state index contributed by atoms with van der Waals surface area (Å²) in [5, 5.41) is 10.7. The smallest absolute Gasteiger partial charge is 0.330 e. The molecule has 0 bridgehead atoms. The molecule has 0 heterocycles. The summed E-state index contributed by atoms with van der Waals surface area (Å²) in [6.45, 7) is 0. The Balaban J connectivity index is 2.46. The van der Waals surface area contributed by atoms with Crippen LogP contribution in [0.15, 0.2) is 12.2 Å². The molecule has 0 aromatic carbocycles. The van der Waals surface area contributed by atoms with Gasteiger partial charge in [-0.15, -0.1) is 0 Å². The van der Waals surface area contributed by atoms with E-state index in [1.165, 1.54) is 58.1 Å². The lowest BCUT2D eigenvalue weighted by Gasteiger charge is -2.27. The van der Waals surface area contributed by atoms with E-state index >= 15 is 0 Å². The summed E-state index contributed by atoms with van der Waals surface area (Å²) >= 11 is 0. The minimum atomic E-state index is -0.635. The van der Waals surface area contributed by atoms with Crippen molar-refractivity contribution in [3.63, 3.8) is 0 Å². The molecule has 1 saturated carbocycles. The van der Waals surface area contributed by atoms with Gasteiger partial charge in [0.2, 0.25) is 0 Å². The molecule has 0 amide bonds. The van der Waals surface area contributed by atoms with Gasteiger partial charge in [0.15, 0.2) is 0 Å². The van der Waals surface area contributed by atoms with Crippen molar-refractivity contribution in [2.24, 2.45) is 0 Å². The van der Waals surface area contributed by atoms with Crippen molar-refractivity contribution in [1.29, 1.82) is 0 Å². The number of hydrogen-bond donors (Lipinski definition) is 1. The van der Waals surface area contributed by atoms with Crippen LogP contribution in [-0.4, -0.2) is 23.8 Å². The maximum atomic E-state index is 11.1. The van der Waals surface area contributed by atoms with Crippen LogP contribution in [0.4, 0.5) is 0 Å². The van der Waals surface area contributed by atoms with E-state index in [-0.39, 0.29) is 5.97 Å². The number of hydrogen-bond acceptors (Lipinski definition) is 3. The Kier molecular flexibility index (Phi) is 8.59. The van der Waals surface area contributed by atoms with Crippen LogP contribution in [-0.2, 0) is 9.53 Å². The van der Waals surface area contributed by atoms with Crippen molar-refractivity contribution in [2.45, 2.75) is 82.7 Å². The zero-order valence-corrected chi connectivity index (χ0v) is 12.9. The van der Waals surface area contributed by atoms with E-state index in [1.807, 2.05) is 0 Å². The highest BCUT2D eigenvalue weighted by atomic mass is 16.5. The molecular weight excluding hydrogens is 252 g/mol. The molecule has 0 radical (unpaired) electrons. The highest BCUT2D eigenvalue weighted by Gasteiger charge is 2.24. The third-order valence-corrected chi connectivity index (χ3v) is 4.24. The number of carbonyl (C=O) groups is 1. The van der Waals surface area contributed by atoms with Gasteiger partial charge in [-0.25, -0.2) is 4.79 Å². The van der Waals surface area contributed by atoms with Gasteiger partial charge in [0.05, 0.1) is 12.7 Å². The molecule has 3 nitrogen and oxygen atoms in total. The van der Waals surface area contributed by atoms with Gasteiger partial charge < -0.3 is 9.84 Å². The SMILES string of the molecule is COC(=O)/C=C/CC1(O)CCCCCCCCCCC1. The lowest BCUT2D eigenvalue weighted by molar-refractivity contribution is -0.134. The van der Waals surface area contributed by atoms with Crippen LogP contribution in [0.2, 0.25) is 0 Å². The molecule has 0 atom stereocenters. The largest absolute Gasteiger partial charge is 0.466 e. The monoisotopic (exact) mass is 282 g/mol. The van der Waals surface area contributed by atoms with Gasteiger partial charge in [-0.1, -0.05) is 63.9 Å². The molecule has 0 aromatic rings. The summed E-state index contributed by atoms with van der Waals surface area (Å²) < 4.78 is 4.58. The van der Waals surface area contributed by atoms with Gasteiger partial charge in [-0.05, 0) is 19.3 Å². The molecule has 0 aliphatic heterocycles. The molecule has 20 heavy (non-hydrogen) atoms. The summed E-state index contributed by atoms with van der Waals surface area (Å²) in [4.78, 5) is 11.1. The summed E-state index contributed by atoms with van der Waals surface area (Å²) in [5.41, 5.74) is -0.635. The Morgan fingerprint density at radius 2 is 1.45 bits per heavy atom. The fraction of sp³-hybridized carbons (Fsp3) is 0.824. The van der Waals surface area contributed by atoms with Gasteiger partial charge in [-0.2, -0.15) is 0 Å². The lowest BCUT2D eigenvalue weighted by atomic mass is 9.86. The van der Waals surface area contributed by atoms with Gasteiger partial charge >= 0.3 is 5.97 Å². The predicted octanol–water partition coefficient (Wildman–Crippen LogP) is 4.14. The molecule has 0 aromatic heterocycles. The summed E-state index contributed by atoms with van der Waals surface area (Å²) in [6, 6.07) is 0. The van der Waals surface area contributed by atoms with Crippen molar-refractivity contribution in [3.8, 4) is 0 Å². The number of carbonyl (C=O) groups excluding carboxylic acids is 1. The molecule has 0 saturated heterocycles. The molecule has 0 unspecified atom stereocenters. The first-order chi connectivity index (χ1) is 9.66. The molecular formula is C17H30O3. The summed E-state index contributed by atoms with van der Waals surface area (Å²) in [7, 11) is 1.37. The van der Waals surface area contributed by atoms with Crippen LogP contribution in [0.3, 0.4) is 0 Å². The molecule has 1 aliphatic rings. The fourth-order valence-electron chi connectivity index (χ4n) is 2.92. The van der Waals surface area contributed by atoms with Crippen LogP contribution in [0, 0.1) is 0 Å². The van der Waals surface area contributed by atoms with E-state index in [9.17, 15) is 9.90 Å². The highest BCUT2D eigenvalue weighted by Crippen LogP contribution is 2.28. The number of aliphatic hydroxyl groups is 1. The quantitative estimate of drug-likeness (QED) is 0.625. The van der Waals surface area contributed by atoms with Crippen LogP contribution in [0.1, 0.15) is 77.0 Å². The van der Waals surface area contributed by atoms with Crippen LogP contribution >= 0.6 is 0 Å². The van der Waals surface area contributed by atoms with Crippen LogP contribution < -0.4 is 0 Å². The van der Waals surface area contributed by atoms with Crippen molar-refractivity contribution in [1.82, 2.24) is 0 Å². The molecule has 1 aliphatic carbocycles. The Morgan fingerprint density at radius 1 is 1.00 bits per heavy atom. The maximum absolute atomic E-state index is 11.1. The summed E-state index contributed by atoms with van der Waals surface area (Å²) in [5.74, 6) is -0.346. The first kappa shape index (κ1) is 17.2. The van der Waals surface area contributed by atoms with Gasteiger partial charge in [0.1, 0.15) is 0 Å². The van der Waals surface area contributed by atoms with Gasteiger partial charge in [0.25, 0.3) is 0 Å². The van der Waals surface area contributed by atoms with E-state index in [0.717, 1.165) is 25.7 Å². The third-order valence-electron chi connectivity index (χ3n) is 4.24. The predicted molar refractivity (Wildman–Crippen MR) is 81.5 cm³/mol. The van der Waals surface area contributed by atoms with Crippen molar-refractivity contribution >= 4 is 5.97 Å². The minimum Gasteiger partial charge on any atom is -0.466 e. The molecule has 3 heteroatoms. The van der Waals surface area contributed by atoms with Crippen molar-refractivity contribution in [3.05, 3.63) is 12.2 Å². The van der Waals surface area contributed by atoms with E-state index < -0.39 is 5.60 Å². The van der Waals surface area contributed by atoms with Crippen molar-refractivity contribution < 1.29 is 14.6 Å². The minimum absolute atomic E-state index is 0.346. The van der Waals surface area contributed by atoms with E-state index in [2.05, 4.69) is 4.74 Å². The average Bonchev–Trinajstić information content (AvgIpc) is 2.43. The molecule has 116 valence electrons. The van der Waals surface area contributed by atoms with E-state index in [4.69, 9.17) is 0 Å². The topological polar surface area (TPSA) is 46.5 Å². The average molecular weight is 282 g/mol. The molecule has 1 N–H and O–H groups in total. The van der Waals surface area contributed by atoms with E-state index in [1.54, 1.807) is 6.08 Å². The number of ether oxygens (including phenoxy) is 1. The second kappa shape index (κ2) is 9.98. The summed E-state index contributed by atoms with van der Waals surface area (Å²) in [6.07, 6.45) is 16.6. The normalized spacial score (nSPS) is 21.9. The Hall–Kier alpha value is -0.830. The zero-order chi connectivity index (χ0) is 14.7. The highest BCUT2D eigenvalue weighted by molar-refractivity contribution is 5.81. The van der Waals surface area contributed by atoms with Crippen LogP contribution in [0.5, 0.6) is 0 Å². The Morgan fingerprint density at radius 3 is 1.90 bits per heavy atom. The fourth-order valence-corrected chi connectivity index (χ4v) is 2.92. The Labute approximate surface area is 123 Å². The van der Waals surface area contributed by atoms with E-state index in [0.29, 0.717) is 6.42 Å². The second-order valence-electron chi connectivity index (χ2n) is 6.04. The lowest BCUT2D eigenvalue weighted by Crippen LogP contribution is -2.28. The molecule has 1 fully saturated rings. The standard InChI is InChI=1S/C17H30O3/c1-20-16(18)12-11-15-17(19)13-9-7-5-3-2-4-6-8-10-14-17/h11-12,19H,2-10,13-15H2,1H3/b12-11+. The molecule has 1 rings (SSSR count). The zero-order valence-electron chi connectivity index (χ0n) is 12.9. The second-order valence-corrected chi connectivity index (χ2v) is 6.04.